The van der Waals surface area contributed by atoms with Crippen LogP contribution in [-0.4, -0.2) is 36.7 Å². The molecule has 0 saturated heterocycles. The molecule has 2 aromatic heterocycles. The van der Waals surface area contributed by atoms with E-state index >= 15 is 0 Å². The van der Waals surface area contributed by atoms with Gasteiger partial charge in [-0.1, -0.05) is 30.3 Å². The Morgan fingerprint density at radius 2 is 1.72 bits per heavy atom. The summed E-state index contributed by atoms with van der Waals surface area (Å²) in [6.45, 7) is 1.51. The summed E-state index contributed by atoms with van der Waals surface area (Å²) in [6.07, 6.45) is 2.93. The van der Waals surface area contributed by atoms with Crippen LogP contribution in [0, 0.1) is 5.82 Å². The lowest BCUT2D eigenvalue weighted by Gasteiger charge is -2.14. The molecule has 43 heavy (non-hydrogen) atoms. The van der Waals surface area contributed by atoms with E-state index in [0.717, 1.165) is 10.8 Å². The molecule has 0 saturated carbocycles. The minimum absolute atomic E-state index is 0.169. The van der Waals surface area contributed by atoms with E-state index in [9.17, 15) is 22.4 Å². The summed E-state index contributed by atoms with van der Waals surface area (Å²) in [5, 5.41) is 4.93. The zero-order chi connectivity index (χ0) is 30.3. The van der Waals surface area contributed by atoms with Crippen LogP contribution in [0.5, 0.6) is 0 Å². The van der Waals surface area contributed by atoms with E-state index in [4.69, 9.17) is 4.42 Å². The molecule has 6 rings (SSSR count). The maximum atomic E-state index is 13.7. The molecule has 4 aromatic carbocycles. The number of anilines is 1. The first kappa shape index (κ1) is 27.9. The Morgan fingerprint density at radius 1 is 0.977 bits per heavy atom. The molecule has 0 fully saturated rings. The van der Waals surface area contributed by atoms with Crippen molar-refractivity contribution in [1.29, 1.82) is 0 Å². The zero-order valence-corrected chi connectivity index (χ0v) is 23.9. The van der Waals surface area contributed by atoms with Gasteiger partial charge in [-0.2, -0.15) is 0 Å². The second-order valence-electron chi connectivity index (χ2n) is 9.82. The number of nitrogens with one attached hydrogen (secondary N) is 2. The van der Waals surface area contributed by atoms with Gasteiger partial charge < -0.3 is 9.73 Å². The van der Waals surface area contributed by atoms with Gasteiger partial charge in [-0.15, -0.1) is 0 Å². The first-order chi connectivity index (χ1) is 20.7. The summed E-state index contributed by atoms with van der Waals surface area (Å²) >= 11 is 0. The van der Waals surface area contributed by atoms with Crippen LogP contribution < -0.4 is 15.7 Å². The van der Waals surface area contributed by atoms with Crippen LogP contribution in [0.15, 0.2) is 100 Å². The van der Waals surface area contributed by atoms with Crippen LogP contribution in [0.2, 0.25) is 0 Å². The van der Waals surface area contributed by atoms with Crippen molar-refractivity contribution in [3.63, 3.8) is 0 Å². The van der Waals surface area contributed by atoms with Crippen LogP contribution in [0.1, 0.15) is 17.3 Å². The monoisotopic (exact) mass is 596 g/mol. The van der Waals surface area contributed by atoms with E-state index in [1.807, 2.05) is 36.4 Å². The van der Waals surface area contributed by atoms with Gasteiger partial charge in [-0.3, -0.25) is 14.1 Å². The van der Waals surface area contributed by atoms with Gasteiger partial charge in [0.2, 0.25) is 10.0 Å². The SMILES string of the molecule is CCS(=O)(=O)Nc1cc2oc(-c3ccc(F)cc3)c(C(=O)NC)c2cc1-c1cnc(=O)n(-c2ccc3ccccc3c2)c1. The van der Waals surface area contributed by atoms with E-state index in [0.29, 0.717) is 27.8 Å². The number of carbonyl (C=O) groups is 1. The molecule has 0 radical (unpaired) electrons. The third-order valence-electron chi connectivity index (χ3n) is 7.14. The van der Waals surface area contributed by atoms with Gasteiger partial charge in [0.05, 0.1) is 22.7 Å². The summed E-state index contributed by atoms with van der Waals surface area (Å²) in [5.74, 6) is -0.906. The fraction of sp³-hybridized carbons (Fsp3) is 0.0938. The third kappa shape index (κ3) is 5.26. The van der Waals surface area contributed by atoms with Crippen LogP contribution >= 0.6 is 0 Å². The maximum Gasteiger partial charge on any atom is 0.352 e. The largest absolute Gasteiger partial charge is 0.455 e. The highest BCUT2D eigenvalue weighted by Gasteiger charge is 2.25. The summed E-state index contributed by atoms with van der Waals surface area (Å²) < 4.78 is 49.2. The lowest BCUT2D eigenvalue weighted by Crippen LogP contribution is -2.21. The van der Waals surface area contributed by atoms with Gasteiger partial charge in [0.1, 0.15) is 17.2 Å². The number of benzene rings is 4. The number of rotatable bonds is 7. The topological polar surface area (TPSA) is 123 Å². The molecule has 0 spiro atoms. The Hall–Kier alpha value is -5.29. The molecule has 0 unspecified atom stereocenters. The highest BCUT2D eigenvalue weighted by molar-refractivity contribution is 7.92. The number of sulfonamides is 1. The highest BCUT2D eigenvalue weighted by Crippen LogP contribution is 2.40. The number of furan rings is 1. The molecule has 216 valence electrons. The number of nitrogens with zero attached hydrogens (tertiary/aromatic N) is 2. The molecule has 0 aliphatic carbocycles. The van der Waals surface area contributed by atoms with Crippen LogP contribution in [0.3, 0.4) is 0 Å². The Morgan fingerprint density at radius 3 is 2.44 bits per heavy atom. The first-order valence-electron chi connectivity index (χ1n) is 13.3. The van der Waals surface area contributed by atoms with E-state index < -0.39 is 27.4 Å². The zero-order valence-electron chi connectivity index (χ0n) is 23.1. The van der Waals surface area contributed by atoms with Gasteiger partial charge in [0.15, 0.2) is 0 Å². The van der Waals surface area contributed by atoms with Crippen molar-refractivity contribution in [2.24, 2.45) is 0 Å². The fourth-order valence-corrected chi connectivity index (χ4v) is 5.57. The average Bonchev–Trinajstić information content (AvgIpc) is 3.38. The average molecular weight is 597 g/mol. The number of aromatic nitrogens is 2. The van der Waals surface area contributed by atoms with E-state index in [-0.39, 0.29) is 28.3 Å². The number of halogens is 1. The van der Waals surface area contributed by atoms with Crippen molar-refractivity contribution in [3.05, 3.63) is 113 Å². The second kappa shape index (κ2) is 10.8. The quantitative estimate of drug-likeness (QED) is 0.243. The number of fused-ring (bicyclic) bond motifs is 2. The smallest absolute Gasteiger partial charge is 0.352 e. The van der Waals surface area contributed by atoms with Gasteiger partial charge >= 0.3 is 5.69 Å². The number of hydrogen-bond acceptors (Lipinski definition) is 6. The number of carbonyl (C=O) groups excluding carboxylic acids is 1. The predicted molar refractivity (Wildman–Crippen MR) is 164 cm³/mol. The van der Waals surface area contributed by atoms with Crippen LogP contribution in [0.4, 0.5) is 10.1 Å². The van der Waals surface area contributed by atoms with Crippen molar-refractivity contribution >= 4 is 43.4 Å². The van der Waals surface area contributed by atoms with E-state index in [1.165, 1.54) is 55.1 Å². The molecule has 1 amide bonds. The van der Waals surface area contributed by atoms with Crippen molar-refractivity contribution in [2.75, 3.05) is 17.5 Å². The van der Waals surface area contributed by atoms with Gasteiger partial charge in [0, 0.05) is 47.6 Å². The Labute approximate surface area is 245 Å². The molecule has 2 N–H and O–H groups in total. The lowest BCUT2D eigenvalue weighted by molar-refractivity contribution is 0.0964. The first-order valence-corrected chi connectivity index (χ1v) is 15.0. The fourth-order valence-electron chi connectivity index (χ4n) is 4.93. The molecule has 11 heteroatoms. The standard InChI is InChI=1S/C32H25FN4O5S/c1-3-43(40,41)36-27-16-28-26(29(31(38)34-2)30(42-28)20-8-11-23(33)12-9-20)15-25(27)22-17-35-32(39)37(18-22)24-13-10-19-6-4-5-7-21(19)14-24/h4-18,36H,3H2,1-2H3,(H,34,38). The van der Waals surface area contributed by atoms with E-state index in [1.54, 1.807) is 18.3 Å². The molecular weight excluding hydrogens is 571 g/mol. The lowest BCUT2D eigenvalue weighted by atomic mass is 10.00. The third-order valence-corrected chi connectivity index (χ3v) is 8.44. The second-order valence-corrected chi connectivity index (χ2v) is 11.8. The van der Waals surface area contributed by atoms with Crippen molar-refractivity contribution in [3.8, 4) is 28.1 Å². The predicted octanol–water partition coefficient (Wildman–Crippen LogP) is 5.73. The highest BCUT2D eigenvalue weighted by atomic mass is 32.2. The molecular formula is C32H25FN4O5S. The molecule has 2 heterocycles. The Bertz CT molecular complexity index is 2210. The number of amides is 1. The van der Waals surface area contributed by atoms with Crippen molar-refractivity contribution in [2.45, 2.75) is 6.92 Å². The molecule has 6 aromatic rings. The van der Waals surface area contributed by atoms with E-state index in [2.05, 4.69) is 15.0 Å². The molecule has 0 aliphatic heterocycles. The molecule has 9 nitrogen and oxygen atoms in total. The summed E-state index contributed by atoms with van der Waals surface area (Å²) in [7, 11) is -2.27. The van der Waals surface area contributed by atoms with Crippen LogP contribution in [0.25, 0.3) is 49.9 Å². The van der Waals surface area contributed by atoms with Crippen molar-refractivity contribution < 1.29 is 22.0 Å². The summed E-state index contributed by atoms with van der Waals surface area (Å²) in [6, 6.07) is 21.9. The maximum absolute atomic E-state index is 13.7. The Kier molecular flexibility index (Phi) is 7.02. The molecule has 0 aliphatic rings. The normalized spacial score (nSPS) is 11.6. The molecule has 0 atom stereocenters. The van der Waals surface area contributed by atoms with Gasteiger partial charge in [0.25, 0.3) is 5.91 Å². The van der Waals surface area contributed by atoms with Gasteiger partial charge in [-0.05, 0) is 60.2 Å². The number of hydrogen-bond donors (Lipinski definition) is 2. The molecule has 0 bridgehead atoms. The summed E-state index contributed by atoms with van der Waals surface area (Å²) in [5.41, 5.74) is 1.87. The minimum atomic E-state index is -3.75. The minimum Gasteiger partial charge on any atom is -0.455 e. The van der Waals surface area contributed by atoms with Crippen LogP contribution in [-0.2, 0) is 10.0 Å². The summed E-state index contributed by atoms with van der Waals surface area (Å²) in [4.78, 5) is 30.1. The Balaban J connectivity index is 1.60. The van der Waals surface area contributed by atoms with Crippen molar-refractivity contribution in [1.82, 2.24) is 14.9 Å². The van der Waals surface area contributed by atoms with Gasteiger partial charge in [-0.25, -0.2) is 22.6 Å².